The molecule has 3 aromatic carbocycles. The molecule has 7 heteroatoms. The van der Waals surface area contributed by atoms with Gasteiger partial charge in [0.25, 0.3) is 10.1 Å². The van der Waals surface area contributed by atoms with Crippen LogP contribution in [0.5, 0.6) is 0 Å². The molecule has 0 spiro atoms. The van der Waals surface area contributed by atoms with Crippen LogP contribution in [0.3, 0.4) is 0 Å². The number of para-hydroxylation sites is 2. The third kappa shape index (κ3) is 5.98. The lowest BCUT2D eigenvalue weighted by Gasteiger charge is -2.36. The van der Waals surface area contributed by atoms with Crippen molar-refractivity contribution >= 4 is 32.8 Å². The third-order valence-electron chi connectivity index (χ3n) is 8.67. The molecule has 3 aliphatic rings. The zero-order chi connectivity index (χ0) is 31.7. The first kappa shape index (κ1) is 30.6. The molecule has 0 saturated heterocycles. The van der Waals surface area contributed by atoms with Crippen LogP contribution in [-0.4, -0.2) is 24.8 Å². The molecule has 0 saturated carbocycles. The van der Waals surface area contributed by atoms with Gasteiger partial charge >= 0.3 is 0 Å². The predicted molar refractivity (Wildman–Crippen MR) is 183 cm³/mol. The highest BCUT2D eigenvalue weighted by atomic mass is 32.2. The lowest BCUT2D eigenvalue weighted by molar-refractivity contribution is 0.150. The third-order valence-corrected chi connectivity index (χ3v) is 9.59. The van der Waals surface area contributed by atoms with Gasteiger partial charge in [0.2, 0.25) is 0 Å². The van der Waals surface area contributed by atoms with E-state index in [4.69, 9.17) is 9.73 Å². The van der Waals surface area contributed by atoms with Crippen LogP contribution in [0.1, 0.15) is 55.0 Å². The molecule has 2 aliphatic carbocycles. The standard InChI is InChI=1S/C38H38N2O4S/c1-5-25-13-10-12-24(4)37(25)39-28-18-20-30-33(22-28)44-34-23-29(40-38-26(6-2)14-11-15-27(38)7-3)19-21-31(34)36(30)32-16-8-9-17-35(32)45(41,42)43/h8-21,23,33,39H,5-7,22H2,1-4H3,(H,41,42,43)/b40-29-. The first-order chi connectivity index (χ1) is 21.7. The summed E-state index contributed by atoms with van der Waals surface area (Å²) in [5, 5.41) is 3.66. The number of ether oxygens (including phenoxy) is 1. The van der Waals surface area contributed by atoms with Gasteiger partial charge in [0.1, 0.15) is 16.8 Å². The number of anilines is 1. The number of aliphatic imine (C=N–C) groups is 1. The smallest absolute Gasteiger partial charge is 0.295 e. The molecule has 0 aromatic heterocycles. The van der Waals surface area contributed by atoms with Crippen molar-refractivity contribution in [2.24, 2.45) is 4.99 Å². The van der Waals surface area contributed by atoms with Gasteiger partial charge in [0, 0.05) is 46.2 Å². The van der Waals surface area contributed by atoms with Crippen molar-refractivity contribution < 1.29 is 17.7 Å². The van der Waals surface area contributed by atoms with Crippen molar-refractivity contribution in [3.05, 3.63) is 141 Å². The Kier molecular flexibility index (Phi) is 8.49. The van der Waals surface area contributed by atoms with E-state index in [2.05, 4.69) is 69.4 Å². The number of benzene rings is 3. The molecule has 0 fully saturated rings. The number of aryl methyl sites for hydroxylation is 4. The number of nitrogens with zero attached hydrogens (tertiary/aromatic N) is 1. The van der Waals surface area contributed by atoms with E-state index >= 15 is 0 Å². The highest BCUT2D eigenvalue weighted by Crippen LogP contribution is 2.46. The van der Waals surface area contributed by atoms with Crippen LogP contribution >= 0.6 is 0 Å². The van der Waals surface area contributed by atoms with Crippen LogP contribution in [0.2, 0.25) is 0 Å². The highest BCUT2D eigenvalue weighted by molar-refractivity contribution is 7.86. The average Bonchev–Trinajstić information content (AvgIpc) is 3.04. The van der Waals surface area contributed by atoms with Crippen molar-refractivity contribution in [1.82, 2.24) is 0 Å². The Labute approximate surface area is 266 Å². The summed E-state index contributed by atoms with van der Waals surface area (Å²) in [5.74, 6) is 0.622. The summed E-state index contributed by atoms with van der Waals surface area (Å²) in [6.07, 6.45) is 12.7. The summed E-state index contributed by atoms with van der Waals surface area (Å²) in [4.78, 5) is 4.95. The van der Waals surface area contributed by atoms with Crippen molar-refractivity contribution in [3.8, 4) is 0 Å². The Balaban J connectivity index is 1.49. The number of hydrogen-bond donors (Lipinski definition) is 2. The first-order valence-corrected chi connectivity index (χ1v) is 17.0. The Hall–Kier alpha value is -4.46. The van der Waals surface area contributed by atoms with E-state index in [1.165, 1.54) is 28.3 Å². The van der Waals surface area contributed by atoms with Crippen LogP contribution in [0, 0.1) is 6.92 Å². The van der Waals surface area contributed by atoms with Gasteiger partial charge in [-0.15, -0.1) is 0 Å². The summed E-state index contributed by atoms with van der Waals surface area (Å²) < 4.78 is 42.0. The Bertz CT molecular complexity index is 1950. The first-order valence-electron chi connectivity index (χ1n) is 15.6. The Morgan fingerprint density at radius 2 is 1.58 bits per heavy atom. The zero-order valence-electron chi connectivity index (χ0n) is 26.1. The van der Waals surface area contributed by atoms with Crippen LogP contribution in [0.15, 0.2) is 124 Å². The zero-order valence-corrected chi connectivity index (χ0v) is 26.9. The van der Waals surface area contributed by atoms with E-state index in [0.29, 0.717) is 17.7 Å². The number of fused-ring (bicyclic) bond motifs is 2. The summed E-state index contributed by atoms with van der Waals surface area (Å²) in [7, 11) is -4.49. The maximum atomic E-state index is 12.5. The van der Waals surface area contributed by atoms with Gasteiger partial charge in [-0.2, -0.15) is 8.42 Å². The molecule has 0 amide bonds. The van der Waals surface area contributed by atoms with Gasteiger partial charge in [-0.25, -0.2) is 4.99 Å². The lowest BCUT2D eigenvalue weighted by Crippen LogP contribution is -2.28. The molecule has 2 N–H and O–H groups in total. The van der Waals surface area contributed by atoms with E-state index in [1.807, 2.05) is 30.4 Å². The average molecular weight is 619 g/mol. The second-order valence-corrected chi connectivity index (χ2v) is 12.9. The minimum Gasteiger partial charge on any atom is -0.485 e. The fourth-order valence-electron chi connectivity index (χ4n) is 6.36. The molecule has 1 atom stereocenters. The van der Waals surface area contributed by atoms with Crippen LogP contribution in [0.4, 0.5) is 11.4 Å². The maximum absolute atomic E-state index is 12.5. The van der Waals surface area contributed by atoms with Crippen molar-refractivity contribution in [2.45, 2.75) is 64.4 Å². The van der Waals surface area contributed by atoms with Gasteiger partial charge in [-0.05, 0) is 72.7 Å². The molecule has 1 unspecified atom stereocenters. The van der Waals surface area contributed by atoms with E-state index in [9.17, 15) is 13.0 Å². The fourth-order valence-corrected chi connectivity index (χ4v) is 7.06. The Morgan fingerprint density at radius 1 is 0.889 bits per heavy atom. The normalized spacial score (nSPS) is 18.5. The van der Waals surface area contributed by atoms with Crippen LogP contribution in [0.25, 0.3) is 5.57 Å². The highest BCUT2D eigenvalue weighted by Gasteiger charge is 2.36. The van der Waals surface area contributed by atoms with Gasteiger partial charge in [-0.1, -0.05) is 81.4 Å². The molecule has 1 aliphatic heterocycles. The molecule has 0 radical (unpaired) electrons. The molecule has 6 nitrogen and oxygen atoms in total. The molecule has 0 bridgehead atoms. The fraction of sp³-hybridized carbons (Fsp3) is 0.237. The SMILES string of the molecule is CCc1cccc(CC)c1/N=C1/C=CC2=C(c3ccccc3S(=O)(=O)O)C3=CC=C(Nc4c(C)cccc4CC)CC3OC2=C1. The van der Waals surface area contributed by atoms with E-state index < -0.39 is 10.1 Å². The number of allylic oxidation sites excluding steroid dienone is 5. The molecule has 3 aromatic rings. The van der Waals surface area contributed by atoms with Gasteiger partial charge in [0.05, 0.1) is 11.4 Å². The van der Waals surface area contributed by atoms with Crippen LogP contribution in [-0.2, 0) is 34.1 Å². The largest absolute Gasteiger partial charge is 0.485 e. The summed E-state index contributed by atoms with van der Waals surface area (Å²) in [6, 6.07) is 19.2. The summed E-state index contributed by atoms with van der Waals surface area (Å²) in [6.45, 7) is 8.51. The molecule has 230 valence electrons. The number of nitrogens with one attached hydrogen (secondary N) is 1. The molecule has 1 heterocycles. The van der Waals surface area contributed by atoms with E-state index in [-0.39, 0.29) is 11.0 Å². The maximum Gasteiger partial charge on any atom is 0.295 e. The lowest BCUT2D eigenvalue weighted by atomic mass is 9.81. The monoisotopic (exact) mass is 618 g/mol. The minimum absolute atomic E-state index is 0.133. The topological polar surface area (TPSA) is 88.0 Å². The summed E-state index contributed by atoms with van der Waals surface area (Å²) >= 11 is 0. The van der Waals surface area contributed by atoms with Gasteiger partial charge < -0.3 is 10.1 Å². The minimum atomic E-state index is -4.49. The number of rotatable bonds is 8. The van der Waals surface area contributed by atoms with E-state index in [0.717, 1.165) is 58.8 Å². The number of hydrogen-bond acceptors (Lipinski definition) is 5. The predicted octanol–water partition coefficient (Wildman–Crippen LogP) is 8.63. The quantitative estimate of drug-likeness (QED) is 0.247. The van der Waals surface area contributed by atoms with Crippen molar-refractivity contribution in [1.29, 1.82) is 0 Å². The van der Waals surface area contributed by atoms with Gasteiger partial charge in [0.15, 0.2) is 0 Å². The molecule has 45 heavy (non-hydrogen) atoms. The molecular formula is C38H38N2O4S. The van der Waals surface area contributed by atoms with Crippen LogP contribution < -0.4 is 5.32 Å². The Morgan fingerprint density at radius 3 is 2.29 bits per heavy atom. The van der Waals surface area contributed by atoms with Crippen molar-refractivity contribution in [3.63, 3.8) is 0 Å². The van der Waals surface area contributed by atoms with Gasteiger partial charge in [-0.3, -0.25) is 4.55 Å². The summed E-state index contributed by atoms with van der Waals surface area (Å²) in [5.41, 5.74) is 11.4. The molecular weight excluding hydrogens is 580 g/mol. The van der Waals surface area contributed by atoms with Crippen molar-refractivity contribution in [2.75, 3.05) is 5.32 Å². The molecule has 6 rings (SSSR count). The van der Waals surface area contributed by atoms with E-state index in [1.54, 1.807) is 18.2 Å². The second kappa shape index (κ2) is 12.5. The second-order valence-electron chi connectivity index (χ2n) is 11.5.